The van der Waals surface area contributed by atoms with E-state index in [0.717, 1.165) is 5.75 Å². The van der Waals surface area contributed by atoms with E-state index in [9.17, 15) is 4.79 Å². The highest BCUT2D eigenvalue weighted by Gasteiger charge is 2.09. The van der Waals surface area contributed by atoms with Crippen molar-refractivity contribution in [1.82, 2.24) is 5.16 Å². The second-order valence-corrected chi connectivity index (χ2v) is 3.40. The summed E-state index contributed by atoms with van der Waals surface area (Å²) in [5.41, 5.74) is -0.0262. The molecular weight excluding hydrogens is 178 g/mol. The summed E-state index contributed by atoms with van der Waals surface area (Å²) >= 11 is 1.66. The van der Waals surface area contributed by atoms with E-state index in [0.29, 0.717) is 11.5 Å². The standard InChI is InChI=1S/C7H9NO3S/c1-2-12-4-5-3-6(7(9)10)8-11-5/h3H,2,4H2,1H3,(H,9,10). The third-order valence-corrected chi connectivity index (χ3v) is 2.12. The van der Waals surface area contributed by atoms with E-state index in [2.05, 4.69) is 5.16 Å². The fourth-order valence-electron chi connectivity index (χ4n) is 0.684. The molecule has 1 aromatic rings. The summed E-state index contributed by atoms with van der Waals surface area (Å²) in [6, 6.07) is 1.45. The van der Waals surface area contributed by atoms with Crippen LogP contribution in [0.25, 0.3) is 0 Å². The Morgan fingerprint density at radius 2 is 2.58 bits per heavy atom. The number of thioether (sulfide) groups is 1. The average molecular weight is 187 g/mol. The largest absolute Gasteiger partial charge is 0.476 e. The normalized spacial score (nSPS) is 10.1. The van der Waals surface area contributed by atoms with E-state index in [-0.39, 0.29) is 5.69 Å². The number of carbonyl (C=O) groups is 1. The van der Waals surface area contributed by atoms with Gasteiger partial charge in [-0.2, -0.15) is 11.8 Å². The van der Waals surface area contributed by atoms with Crippen LogP contribution in [-0.2, 0) is 5.75 Å². The molecule has 0 amide bonds. The zero-order chi connectivity index (χ0) is 8.97. The number of hydrogen-bond donors (Lipinski definition) is 1. The van der Waals surface area contributed by atoms with Gasteiger partial charge in [-0.05, 0) is 5.75 Å². The molecule has 1 rings (SSSR count). The molecule has 0 aliphatic heterocycles. The number of hydrogen-bond acceptors (Lipinski definition) is 4. The number of carboxylic acids is 1. The van der Waals surface area contributed by atoms with E-state index in [1.54, 1.807) is 11.8 Å². The first-order valence-corrected chi connectivity index (χ1v) is 4.66. The summed E-state index contributed by atoms with van der Waals surface area (Å²) in [6.45, 7) is 2.03. The van der Waals surface area contributed by atoms with Crippen LogP contribution in [0, 0.1) is 0 Å². The molecule has 1 aromatic heterocycles. The minimum absolute atomic E-state index is 0.0262. The Bertz CT molecular complexity index is 271. The second kappa shape index (κ2) is 4.15. The molecule has 0 saturated carbocycles. The Hall–Kier alpha value is -0.970. The Balaban J connectivity index is 2.58. The molecule has 66 valence electrons. The first-order chi connectivity index (χ1) is 5.74. The van der Waals surface area contributed by atoms with Crippen LogP contribution in [0.4, 0.5) is 0 Å². The minimum atomic E-state index is -1.05. The molecule has 1 N–H and O–H groups in total. The van der Waals surface area contributed by atoms with E-state index < -0.39 is 5.97 Å². The van der Waals surface area contributed by atoms with Crippen LogP contribution < -0.4 is 0 Å². The molecule has 0 bridgehead atoms. The van der Waals surface area contributed by atoms with Gasteiger partial charge in [0.25, 0.3) is 0 Å². The highest BCUT2D eigenvalue weighted by molar-refractivity contribution is 7.98. The Kier molecular flexibility index (Phi) is 3.16. The van der Waals surface area contributed by atoms with Crippen LogP contribution in [0.15, 0.2) is 10.6 Å². The zero-order valence-corrected chi connectivity index (χ0v) is 7.43. The van der Waals surface area contributed by atoms with Crippen molar-refractivity contribution in [1.29, 1.82) is 0 Å². The molecule has 12 heavy (non-hydrogen) atoms. The van der Waals surface area contributed by atoms with Crippen molar-refractivity contribution >= 4 is 17.7 Å². The average Bonchev–Trinajstić information content (AvgIpc) is 2.48. The van der Waals surface area contributed by atoms with Gasteiger partial charge in [-0.3, -0.25) is 0 Å². The summed E-state index contributed by atoms with van der Waals surface area (Å²) in [6.07, 6.45) is 0. The van der Waals surface area contributed by atoms with Crippen LogP contribution in [0.3, 0.4) is 0 Å². The number of rotatable bonds is 4. The molecule has 0 atom stereocenters. The molecule has 0 aliphatic rings. The number of aromatic nitrogens is 1. The van der Waals surface area contributed by atoms with Crippen LogP contribution >= 0.6 is 11.8 Å². The third-order valence-electron chi connectivity index (χ3n) is 1.23. The van der Waals surface area contributed by atoms with E-state index in [1.165, 1.54) is 6.07 Å². The first kappa shape index (κ1) is 9.12. The molecule has 0 aromatic carbocycles. The smallest absolute Gasteiger partial charge is 0.358 e. The first-order valence-electron chi connectivity index (χ1n) is 3.50. The molecule has 0 saturated heterocycles. The van der Waals surface area contributed by atoms with Crippen molar-refractivity contribution in [3.8, 4) is 0 Å². The summed E-state index contributed by atoms with van der Waals surface area (Å²) in [5.74, 6) is 1.21. The van der Waals surface area contributed by atoms with Crippen LogP contribution in [0.2, 0.25) is 0 Å². The molecule has 5 heteroatoms. The van der Waals surface area contributed by atoms with Crippen LogP contribution in [0.5, 0.6) is 0 Å². The Morgan fingerprint density at radius 1 is 1.83 bits per heavy atom. The molecule has 0 unspecified atom stereocenters. The van der Waals surface area contributed by atoms with Gasteiger partial charge in [0, 0.05) is 6.07 Å². The lowest BCUT2D eigenvalue weighted by atomic mass is 10.4. The maximum absolute atomic E-state index is 10.4. The quantitative estimate of drug-likeness (QED) is 0.776. The van der Waals surface area contributed by atoms with Crippen molar-refractivity contribution < 1.29 is 14.4 Å². The maximum Gasteiger partial charge on any atom is 0.358 e. The van der Waals surface area contributed by atoms with Crippen molar-refractivity contribution in [2.75, 3.05) is 5.75 Å². The topological polar surface area (TPSA) is 63.3 Å². The van der Waals surface area contributed by atoms with Gasteiger partial charge >= 0.3 is 5.97 Å². The maximum atomic E-state index is 10.4. The van der Waals surface area contributed by atoms with Crippen LogP contribution in [-0.4, -0.2) is 22.0 Å². The summed E-state index contributed by atoms with van der Waals surface area (Å²) in [5, 5.41) is 11.9. The van der Waals surface area contributed by atoms with Gasteiger partial charge in [-0.1, -0.05) is 12.1 Å². The summed E-state index contributed by atoms with van der Waals surface area (Å²) in [7, 11) is 0. The van der Waals surface area contributed by atoms with E-state index in [1.807, 2.05) is 6.92 Å². The van der Waals surface area contributed by atoms with Crippen molar-refractivity contribution in [3.63, 3.8) is 0 Å². The number of aromatic carboxylic acids is 1. The van der Waals surface area contributed by atoms with Gasteiger partial charge in [0.15, 0.2) is 5.69 Å². The molecule has 1 heterocycles. The van der Waals surface area contributed by atoms with E-state index >= 15 is 0 Å². The zero-order valence-electron chi connectivity index (χ0n) is 6.61. The third kappa shape index (κ3) is 2.27. The van der Waals surface area contributed by atoms with Gasteiger partial charge in [-0.25, -0.2) is 4.79 Å². The molecule has 0 spiro atoms. The predicted octanol–water partition coefficient (Wildman–Crippen LogP) is 1.63. The van der Waals surface area contributed by atoms with E-state index in [4.69, 9.17) is 9.63 Å². The molecule has 0 radical (unpaired) electrons. The lowest BCUT2D eigenvalue weighted by Gasteiger charge is -1.88. The van der Waals surface area contributed by atoms with Gasteiger partial charge < -0.3 is 9.63 Å². The van der Waals surface area contributed by atoms with Crippen molar-refractivity contribution in [3.05, 3.63) is 17.5 Å². The molecular formula is C7H9NO3S. The lowest BCUT2D eigenvalue weighted by molar-refractivity contribution is 0.0685. The van der Waals surface area contributed by atoms with Crippen LogP contribution in [0.1, 0.15) is 23.2 Å². The Labute approximate surface area is 73.9 Å². The molecule has 0 aliphatic carbocycles. The van der Waals surface area contributed by atoms with Crippen molar-refractivity contribution in [2.45, 2.75) is 12.7 Å². The fourth-order valence-corrected chi connectivity index (χ4v) is 1.23. The lowest BCUT2D eigenvalue weighted by Crippen LogP contribution is -1.94. The van der Waals surface area contributed by atoms with Gasteiger partial charge in [-0.15, -0.1) is 0 Å². The second-order valence-electron chi connectivity index (χ2n) is 2.12. The fraction of sp³-hybridized carbons (Fsp3) is 0.429. The molecule has 0 fully saturated rings. The monoisotopic (exact) mass is 187 g/mol. The predicted molar refractivity (Wildman–Crippen MR) is 45.3 cm³/mol. The van der Waals surface area contributed by atoms with Gasteiger partial charge in [0.05, 0.1) is 5.75 Å². The van der Waals surface area contributed by atoms with Crippen molar-refractivity contribution in [2.24, 2.45) is 0 Å². The highest BCUT2D eigenvalue weighted by Crippen LogP contribution is 2.12. The number of nitrogens with zero attached hydrogens (tertiary/aromatic N) is 1. The summed E-state index contributed by atoms with van der Waals surface area (Å²) in [4.78, 5) is 10.4. The van der Waals surface area contributed by atoms with Gasteiger partial charge in [0.1, 0.15) is 5.76 Å². The Morgan fingerprint density at radius 3 is 3.08 bits per heavy atom. The highest BCUT2D eigenvalue weighted by atomic mass is 32.2. The molecule has 4 nitrogen and oxygen atoms in total. The minimum Gasteiger partial charge on any atom is -0.476 e. The SMILES string of the molecule is CCSCc1cc(C(=O)O)no1. The summed E-state index contributed by atoms with van der Waals surface area (Å²) < 4.78 is 4.78. The van der Waals surface area contributed by atoms with Gasteiger partial charge in [0.2, 0.25) is 0 Å². The number of carboxylic acid groups (broad SMARTS) is 1.